The predicted molar refractivity (Wildman–Crippen MR) is 53.0 cm³/mol. The van der Waals surface area contributed by atoms with Crippen LogP contribution in [0.2, 0.25) is 0 Å². The highest BCUT2D eigenvalue weighted by Gasteiger charge is 2.32. The summed E-state index contributed by atoms with van der Waals surface area (Å²) in [6, 6.07) is -0.326. The highest BCUT2D eigenvalue weighted by atomic mass is 16.3. The van der Waals surface area contributed by atoms with Gasteiger partial charge in [0.15, 0.2) is 0 Å². The summed E-state index contributed by atoms with van der Waals surface area (Å²) in [6.07, 6.45) is 2.08. The molecule has 0 aromatic carbocycles. The molecule has 2 aliphatic heterocycles. The standard InChI is InChI=1S/C10H16N2O3/c13-7-3-5-12(6-4-7)10(15)8-1-2-9(14)11-8/h7-8,13H,1-6H2,(H,11,14)/t8-/m0/s1. The van der Waals surface area contributed by atoms with Crippen LogP contribution in [0, 0.1) is 0 Å². The van der Waals surface area contributed by atoms with Crippen molar-refractivity contribution in [3.63, 3.8) is 0 Å². The molecule has 0 unspecified atom stereocenters. The molecule has 0 aromatic heterocycles. The topological polar surface area (TPSA) is 69.6 Å². The molecule has 5 heteroatoms. The quantitative estimate of drug-likeness (QED) is 0.601. The SMILES string of the molecule is O=C1CC[C@@H](C(=O)N2CCC(O)CC2)N1. The average molecular weight is 212 g/mol. The van der Waals surface area contributed by atoms with Crippen LogP contribution in [0.3, 0.4) is 0 Å². The summed E-state index contributed by atoms with van der Waals surface area (Å²) >= 11 is 0. The first-order valence-electron chi connectivity index (χ1n) is 5.43. The number of nitrogens with zero attached hydrogens (tertiary/aromatic N) is 1. The maximum Gasteiger partial charge on any atom is 0.245 e. The van der Waals surface area contributed by atoms with Gasteiger partial charge in [-0.25, -0.2) is 0 Å². The smallest absolute Gasteiger partial charge is 0.245 e. The molecule has 5 nitrogen and oxygen atoms in total. The number of nitrogens with one attached hydrogen (secondary N) is 1. The molecular formula is C10H16N2O3. The fourth-order valence-corrected chi connectivity index (χ4v) is 2.11. The molecule has 2 rings (SSSR count). The number of carbonyl (C=O) groups excluding carboxylic acids is 2. The third-order valence-corrected chi connectivity index (χ3v) is 3.07. The van der Waals surface area contributed by atoms with Crippen molar-refractivity contribution in [3.05, 3.63) is 0 Å². The molecule has 0 radical (unpaired) electrons. The van der Waals surface area contributed by atoms with E-state index in [2.05, 4.69) is 5.32 Å². The minimum atomic E-state index is -0.326. The van der Waals surface area contributed by atoms with Crippen LogP contribution >= 0.6 is 0 Å². The van der Waals surface area contributed by atoms with E-state index in [4.69, 9.17) is 0 Å². The number of aliphatic hydroxyl groups excluding tert-OH is 1. The molecule has 2 saturated heterocycles. The first-order chi connectivity index (χ1) is 7.16. The lowest BCUT2D eigenvalue weighted by Crippen LogP contribution is -2.48. The number of aliphatic hydroxyl groups is 1. The van der Waals surface area contributed by atoms with E-state index in [1.165, 1.54) is 0 Å². The van der Waals surface area contributed by atoms with Crippen LogP contribution in [-0.4, -0.2) is 47.1 Å². The van der Waals surface area contributed by atoms with E-state index < -0.39 is 0 Å². The summed E-state index contributed by atoms with van der Waals surface area (Å²) in [4.78, 5) is 24.6. The van der Waals surface area contributed by atoms with Crippen LogP contribution in [0.5, 0.6) is 0 Å². The van der Waals surface area contributed by atoms with Gasteiger partial charge in [-0.2, -0.15) is 0 Å². The Morgan fingerprint density at radius 1 is 1.33 bits per heavy atom. The predicted octanol–water partition coefficient (Wildman–Crippen LogP) is -0.752. The highest BCUT2D eigenvalue weighted by Crippen LogP contribution is 2.15. The van der Waals surface area contributed by atoms with Crippen molar-refractivity contribution in [1.29, 1.82) is 0 Å². The molecule has 15 heavy (non-hydrogen) atoms. The molecule has 0 spiro atoms. The van der Waals surface area contributed by atoms with E-state index in [-0.39, 0.29) is 24.0 Å². The number of hydrogen-bond acceptors (Lipinski definition) is 3. The van der Waals surface area contributed by atoms with Gasteiger partial charge in [0.25, 0.3) is 0 Å². The minimum absolute atomic E-state index is 0.00718. The van der Waals surface area contributed by atoms with E-state index in [1.807, 2.05) is 0 Å². The molecule has 2 N–H and O–H groups in total. The number of hydrogen-bond donors (Lipinski definition) is 2. The van der Waals surface area contributed by atoms with Crippen LogP contribution < -0.4 is 5.32 Å². The molecule has 2 amide bonds. The maximum absolute atomic E-state index is 11.9. The molecule has 0 aliphatic carbocycles. The zero-order chi connectivity index (χ0) is 10.8. The Labute approximate surface area is 88.4 Å². The van der Waals surface area contributed by atoms with Crippen molar-refractivity contribution in [2.45, 2.75) is 37.8 Å². The van der Waals surface area contributed by atoms with Gasteiger partial charge in [-0.15, -0.1) is 0 Å². The molecule has 2 aliphatic rings. The second-order valence-electron chi connectivity index (χ2n) is 4.22. The fraction of sp³-hybridized carbons (Fsp3) is 0.800. The van der Waals surface area contributed by atoms with Gasteiger partial charge in [0.2, 0.25) is 11.8 Å². The zero-order valence-corrected chi connectivity index (χ0v) is 8.61. The summed E-state index contributed by atoms with van der Waals surface area (Å²) in [5.74, 6) is -0.0295. The van der Waals surface area contributed by atoms with Gasteiger partial charge in [-0.3, -0.25) is 9.59 Å². The fourth-order valence-electron chi connectivity index (χ4n) is 2.11. The second kappa shape index (κ2) is 4.18. The highest BCUT2D eigenvalue weighted by molar-refractivity contribution is 5.90. The molecule has 2 heterocycles. The van der Waals surface area contributed by atoms with Gasteiger partial charge in [0.1, 0.15) is 6.04 Å². The van der Waals surface area contributed by atoms with Gasteiger partial charge in [0, 0.05) is 19.5 Å². The molecule has 2 fully saturated rings. The van der Waals surface area contributed by atoms with Crippen LogP contribution in [-0.2, 0) is 9.59 Å². The van der Waals surface area contributed by atoms with E-state index in [1.54, 1.807) is 4.90 Å². The Morgan fingerprint density at radius 3 is 2.53 bits per heavy atom. The second-order valence-corrected chi connectivity index (χ2v) is 4.22. The molecular weight excluding hydrogens is 196 g/mol. The van der Waals surface area contributed by atoms with Gasteiger partial charge < -0.3 is 15.3 Å². The lowest BCUT2D eigenvalue weighted by atomic mass is 10.1. The van der Waals surface area contributed by atoms with Crippen molar-refractivity contribution in [3.8, 4) is 0 Å². The van der Waals surface area contributed by atoms with Crippen molar-refractivity contribution < 1.29 is 14.7 Å². The number of likely N-dealkylation sites (tertiary alicyclic amines) is 1. The Morgan fingerprint density at radius 2 is 2.00 bits per heavy atom. The van der Waals surface area contributed by atoms with Crippen molar-refractivity contribution in [1.82, 2.24) is 10.2 Å². The molecule has 0 bridgehead atoms. The average Bonchev–Trinajstić information content (AvgIpc) is 2.65. The van der Waals surface area contributed by atoms with E-state index in [0.29, 0.717) is 38.8 Å². The largest absolute Gasteiger partial charge is 0.393 e. The monoisotopic (exact) mass is 212 g/mol. The third kappa shape index (κ3) is 2.28. The maximum atomic E-state index is 11.9. The van der Waals surface area contributed by atoms with Gasteiger partial charge in [-0.05, 0) is 19.3 Å². The number of rotatable bonds is 1. The number of piperidine rings is 1. The van der Waals surface area contributed by atoms with Gasteiger partial charge >= 0.3 is 0 Å². The van der Waals surface area contributed by atoms with E-state index >= 15 is 0 Å². The van der Waals surface area contributed by atoms with E-state index in [9.17, 15) is 14.7 Å². The molecule has 0 aromatic rings. The number of carbonyl (C=O) groups is 2. The third-order valence-electron chi connectivity index (χ3n) is 3.07. The Balaban J connectivity index is 1.88. The first kappa shape index (κ1) is 10.4. The summed E-state index contributed by atoms with van der Waals surface area (Å²) in [6.45, 7) is 1.21. The first-order valence-corrected chi connectivity index (χ1v) is 5.43. The van der Waals surface area contributed by atoms with Gasteiger partial charge in [-0.1, -0.05) is 0 Å². The van der Waals surface area contributed by atoms with E-state index in [0.717, 1.165) is 0 Å². The van der Waals surface area contributed by atoms with Crippen molar-refractivity contribution >= 4 is 11.8 Å². The Hall–Kier alpha value is -1.10. The minimum Gasteiger partial charge on any atom is -0.393 e. The molecule has 1 atom stereocenters. The molecule has 0 saturated carbocycles. The summed E-state index contributed by atoms with van der Waals surface area (Å²) in [5, 5.41) is 12.0. The van der Waals surface area contributed by atoms with Crippen LogP contribution in [0.4, 0.5) is 0 Å². The van der Waals surface area contributed by atoms with Crippen LogP contribution in [0.15, 0.2) is 0 Å². The Kier molecular flexibility index (Phi) is 2.90. The normalized spacial score (nSPS) is 27.9. The summed E-state index contributed by atoms with van der Waals surface area (Å²) in [7, 11) is 0. The van der Waals surface area contributed by atoms with Crippen molar-refractivity contribution in [2.24, 2.45) is 0 Å². The lowest BCUT2D eigenvalue weighted by Gasteiger charge is -2.31. The lowest BCUT2D eigenvalue weighted by molar-refractivity contribution is -0.136. The Bertz CT molecular complexity index is 272. The van der Waals surface area contributed by atoms with Crippen LogP contribution in [0.25, 0.3) is 0 Å². The summed E-state index contributed by atoms with van der Waals surface area (Å²) in [5.41, 5.74) is 0. The molecule has 84 valence electrons. The van der Waals surface area contributed by atoms with Crippen molar-refractivity contribution in [2.75, 3.05) is 13.1 Å². The number of amides is 2. The zero-order valence-electron chi connectivity index (χ0n) is 8.61. The summed E-state index contributed by atoms with van der Waals surface area (Å²) < 4.78 is 0. The van der Waals surface area contributed by atoms with Gasteiger partial charge in [0.05, 0.1) is 6.10 Å². The van der Waals surface area contributed by atoms with Crippen LogP contribution in [0.1, 0.15) is 25.7 Å².